The predicted molar refractivity (Wildman–Crippen MR) is 61.9 cm³/mol. The van der Waals surface area contributed by atoms with Crippen LogP contribution in [0.15, 0.2) is 0 Å². The topological polar surface area (TPSA) is 35.5 Å². The normalized spacial score (nSPS) is 38.4. The summed E-state index contributed by atoms with van der Waals surface area (Å²) in [6.45, 7) is 3.26. The fourth-order valence-electron chi connectivity index (χ4n) is 3.16. The van der Waals surface area contributed by atoms with Gasteiger partial charge in [-0.15, -0.1) is 0 Å². The van der Waals surface area contributed by atoms with E-state index in [-0.39, 0.29) is 6.10 Å². The Morgan fingerprint density at radius 1 is 1.27 bits per heavy atom. The molecule has 88 valence electrons. The molecule has 0 spiro atoms. The fourth-order valence-corrected chi connectivity index (χ4v) is 3.16. The Kier molecular flexibility index (Phi) is 4.00. The van der Waals surface area contributed by atoms with Crippen molar-refractivity contribution in [2.75, 3.05) is 26.7 Å². The molecule has 1 heterocycles. The van der Waals surface area contributed by atoms with E-state index in [2.05, 4.69) is 17.3 Å². The van der Waals surface area contributed by atoms with E-state index in [1.165, 1.54) is 32.4 Å². The summed E-state index contributed by atoms with van der Waals surface area (Å²) in [7, 11) is 2.08. The van der Waals surface area contributed by atoms with Gasteiger partial charge in [0.15, 0.2) is 0 Å². The zero-order valence-electron chi connectivity index (χ0n) is 9.78. The molecular formula is C12H24N2O. The van der Waals surface area contributed by atoms with Crippen LogP contribution in [-0.2, 0) is 0 Å². The highest BCUT2D eigenvalue weighted by Gasteiger charge is 2.29. The Morgan fingerprint density at radius 3 is 2.87 bits per heavy atom. The maximum atomic E-state index is 9.62. The number of aliphatic hydroxyl groups is 1. The van der Waals surface area contributed by atoms with Crippen LogP contribution in [0.25, 0.3) is 0 Å². The highest BCUT2D eigenvalue weighted by Crippen LogP contribution is 2.27. The maximum absolute atomic E-state index is 9.62. The molecule has 2 aliphatic rings. The number of rotatable bonds is 3. The molecule has 2 rings (SSSR count). The Morgan fingerprint density at radius 2 is 2.13 bits per heavy atom. The molecule has 2 N–H and O–H groups in total. The van der Waals surface area contributed by atoms with Crippen molar-refractivity contribution >= 4 is 0 Å². The zero-order valence-corrected chi connectivity index (χ0v) is 9.78. The second-order valence-electron chi connectivity index (χ2n) is 5.14. The minimum atomic E-state index is -0.0758. The molecule has 0 amide bonds. The quantitative estimate of drug-likeness (QED) is 0.727. The van der Waals surface area contributed by atoms with Gasteiger partial charge in [-0.2, -0.15) is 0 Å². The van der Waals surface area contributed by atoms with Gasteiger partial charge < -0.3 is 15.3 Å². The van der Waals surface area contributed by atoms with E-state index in [9.17, 15) is 5.11 Å². The number of nitrogens with one attached hydrogen (secondary N) is 1. The van der Waals surface area contributed by atoms with Crippen LogP contribution in [-0.4, -0.2) is 48.8 Å². The lowest BCUT2D eigenvalue weighted by Crippen LogP contribution is -2.44. The van der Waals surface area contributed by atoms with Gasteiger partial charge in [0.2, 0.25) is 0 Å². The molecule has 15 heavy (non-hydrogen) atoms. The first-order chi connectivity index (χ1) is 7.29. The fraction of sp³-hybridized carbons (Fsp3) is 1.00. The summed E-state index contributed by atoms with van der Waals surface area (Å²) in [4.78, 5) is 2.45. The number of likely N-dealkylation sites (tertiary alicyclic amines) is 1. The van der Waals surface area contributed by atoms with Gasteiger partial charge in [0, 0.05) is 19.1 Å². The summed E-state index contributed by atoms with van der Waals surface area (Å²) in [5.41, 5.74) is 0. The van der Waals surface area contributed by atoms with Gasteiger partial charge in [0.05, 0.1) is 6.10 Å². The first-order valence-electron chi connectivity index (χ1n) is 6.37. The first-order valence-corrected chi connectivity index (χ1v) is 6.37. The molecule has 0 aromatic heterocycles. The lowest BCUT2D eigenvalue weighted by Gasteiger charge is -2.33. The van der Waals surface area contributed by atoms with Crippen molar-refractivity contribution in [3.8, 4) is 0 Å². The molecule has 1 aliphatic carbocycles. The van der Waals surface area contributed by atoms with E-state index in [1.807, 2.05) is 0 Å². The minimum Gasteiger partial charge on any atom is -0.392 e. The molecule has 3 unspecified atom stereocenters. The van der Waals surface area contributed by atoms with Crippen LogP contribution in [0.4, 0.5) is 0 Å². The zero-order chi connectivity index (χ0) is 10.7. The Bertz CT molecular complexity index is 198. The van der Waals surface area contributed by atoms with E-state index < -0.39 is 0 Å². The molecule has 0 aromatic carbocycles. The number of hydrogen-bond donors (Lipinski definition) is 2. The minimum absolute atomic E-state index is 0.0758. The van der Waals surface area contributed by atoms with Crippen LogP contribution in [0, 0.1) is 5.92 Å². The molecule has 3 heteroatoms. The second kappa shape index (κ2) is 5.28. The number of hydrogen-bond acceptors (Lipinski definition) is 3. The van der Waals surface area contributed by atoms with Crippen LogP contribution < -0.4 is 5.32 Å². The Hall–Kier alpha value is -0.120. The molecule has 0 bridgehead atoms. The smallest absolute Gasteiger partial charge is 0.0667 e. The number of β-amino-alcohol motifs (C(OH)–C–C–N with tert-alkyl or cyclic N) is 1. The molecule has 1 saturated carbocycles. The van der Waals surface area contributed by atoms with Gasteiger partial charge in [-0.3, -0.25) is 0 Å². The molecule has 1 aliphatic heterocycles. The monoisotopic (exact) mass is 212 g/mol. The van der Waals surface area contributed by atoms with Crippen molar-refractivity contribution in [2.45, 2.75) is 44.2 Å². The lowest BCUT2D eigenvalue weighted by atomic mass is 10.0. The van der Waals surface area contributed by atoms with E-state index in [0.29, 0.717) is 6.04 Å². The van der Waals surface area contributed by atoms with Crippen LogP contribution in [0.5, 0.6) is 0 Å². The SMILES string of the molecule is CNC1CCCC1CN1CCCC(O)C1. The number of nitrogens with zero attached hydrogens (tertiary/aromatic N) is 1. The highest BCUT2D eigenvalue weighted by molar-refractivity contribution is 4.85. The Balaban J connectivity index is 1.80. The summed E-state index contributed by atoms with van der Waals surface area (Å²) in [6, 6.07) is 0.712. The van der Waals surface area contributed by atoms with E-state index in [0.717, 1.165) is 25.3 Å². The van der Waals surface area contributed by atoms with E-state index >= 15 is 0 Å². The molecule has 3 nitrogen and oxygen atoms in total. The van der Waals surface area contributed by atoms with E-state index in [1.54, 1.807) is 0 Å². The number of aliphatic hydroxyl groups excluding tert-OH is 1. The van der Waals surface area contributed by atoms with Crippen molar-refractivity contribution < 1.29 is 5.11 Å². The maximum Gasteiger partial charge on any atom is 0.0667 e. The molecule has 3 atom stereocenters. The van der Waals surface area contributed by atoms with Gasteiger partial charge in [-0.1, -0.05) is 6.42 Å². The van der Waals surface area contributed by atoms with Crippen molar-refractivity contribution in [2.24, 2.45) is 5.92 Å². The molecule has 0 aromatic rings. The van der Waals surface area contributed by atoms with Crippen molar-refractivity contribution in [1.82, 2.24) is 10.2 Å². The molecular weight excluding hydrogens is 188 g/mol. The van der Waals surface area contributed by atoms with Gasteiger partial charge in [0.1, 0.15) is 0 Å². The van der Waals surface area contributed by atoms with Gasteiger partial charge in [-0.25, -0.2) is 0 Å². The van der Waals surface area contributed by atoms with Gasteiger partial charge in [0.25, 0.3) is 0 Å². The average Bonchev–Trinajstić information content (AvgIpc) is 2.65. The van der Waals surface area contributed by atoms with Gasteiger partial charge in [-0.05, 0) is 45.2 Å². The van der Waals surface area contributed by atoms with Crippen LogP contribution >= 0.6 is 0 Å². The summed E-state index contributed by atoms with van der Waals surface area (Å²) >= 11 is 0. The first kappa shape index (κ1) is 11.4. The third kappa shape index (κ3) is 2.92. The van der Waals surface area contributed by atoms with Crippen LogP contribution in [0.2, 0.25) is 0 Å². The summed E-state index contributed by atoms with van der Waals surface area (Å²) in [5, 5.41) is 13.0. The third-order valence-electron chi connectivity index (χ3n) is 4.00. The lowest BCUT2D eigenvalue weighted by molar-refractivity contribution is 0.0603. The molecule has 0 radical (unpaired) electrons. The van der Waals surface area contributed by atoms with Crippen molar-refractivity contribution in [1.29, 1.82) is 0 Å². The third-order valence-corrected chi connectivity index (χ3v) is 4.00. The van der Waals surface area contributed by atoms with Crippen LogP contribution in [0.1, 0.15) is 32.1 Å². The van der Waals surface area contributed by atoms with E-state index in [4.69, 9.17) is 0 Å². The molecule has 1 saturated heterocycles. The highest BCUT2D eigenvalue weighted by atomic mass is 16.3. The van der Waals surface area contributed by atoms with Crippen molar-refractivity contribution in [3.63, 3.8) is 0 Å². The average molecular weight is 212 g/mol. The summed E-state index contributed by atoms with van der Waals surface area (Å²) in [5.74, 6) is 0.806. The second-order valence-corrected chi connectivity index (χ2v) is 5.14. The summed E-state index contributed by atoms with van der Waals surface area (Å²) in [6.07, 6.45) is 6.14. The molecule has 2 fully saturated rings. The Labute approximate surface area is 92.8 Å². The largest absolute Gasteiger partial charge is 0.392 e. The number of piperidine rings is 1. The van der Waals surface area contributed by atoms with Crippen LogP contribution in [0.3, 0.4) is 0 Å². The van der Waals surface area contributed by atoms with Gasteiger partial charge >= 0.3 is 0 Å². The van der Waals surface area contributed by atoms with Crippen molar-refractivity contribution in [3.05, 3.63) is 0 Å². The predicted octanol–water partition coefficient (Wildman–Crippen LogP) is 0.831. The standard InChI is InChI=1S/C12H24N2O/c1-13-12-6-2-4-10(12)8-14-7-3-5-11(15)9-14/h10-13,15H,2-9H2,1H3. The summed E-state index contributed by atoms with van der Waals surface area (Å²) < 4.78 is 0.